The maximum absolute atomic E-state index is 12.9. The largest absolute Gasteiger partial charge is 0.493 e. The maximum atomic E-state index is 12.9. The van der Waals surface area contributed by atoms with Crippen molar-refractivity contribution in [3.05, 3.63) is 27.6 Å². The molecular weight excluding hydrogens is 282 g/mol. The topological polar surface area (TPSA) is 9.23 Å². The van der Waals surface area contributed by atoms with Crippen LogP contribution in [0.15, 0.2) is 18.2 Å². The summed E-state index contributed by atoms with van der Waals surface area (Å²) in [5.74, 6) is 0.824. The monoisotopic (exact) mass is 294 g/mol. The van der Waals surface area contributed by atoms with Gasteiger partial charge in [-0.1, -0.05) is 13.8 Å². The van der Waals surface area contributed by atoms with E-state index in [-0.39, 0.29) is 5.82 Å². The van der Waals surface area contributed by atoms with Crippen molar-refractivity contribution >= 4 is 22.6 Å². The van der Waals surface area contributed by atoms with Crippen LogP contribution >= 0.6 is 22.6 Å². The summed E-state index contributed by atoms with van der Waals surface area (Å²) in [5.41, 5.74) is 0. The molecule has 0 saturated heterocycles. The highest BCUT2D eigenvalue weighted by atomic mass is 127. The van der Waals surface area contributed by atoms with E-state index < -0.39 is 0 Å². The Morgan fingerprint density at radius 1 is 1.38 bits per heavy atom. The summed E-state index contributed by atoms with van der Waals surface area (Å²) >= 11 is 2.07. The molecule has 1 rings (SSSR count). The van der Waals surface area contributed by atoms with Gasteiger partial charge in [0, 0.05) is 9.64 Å². The lowest BCUT2D eigenvalue weighted by molar-refractivity contribution is 0.269. The minimum atomic E-state index is -0.245. The van der Waals surface area contributed by atoms with Crippen molar-refractivity contribution in [2.75, 3.05) is 6.61 Å². The highest BCUT2D eigenvalue weighted by molar-refractivity contribution is 14.1. The van der Waals surface area contributed by atoms with E-state index in [4.69, 9.17) is 4.74 Å². The van der Waals surface area contributed by atoms with E-state index >= 15 is 0 Å². The van der Waals surface area contributed by atoms with Gasteiger partial charge in [-0.05, 0) is 40.6 Å². The number of rotatable bonds is 3. The van der Waals surface area contributed by atoms with E-state index in [9.17, 15) is 4.39 Å². The molecule has 3 heteroatoms. The summed E-state index contributed by atoms with van der Waals surface area (Å²) in [6.07, 6.45) is 0. The Kier molecular flexibility index (Phi) is 3.96. The van der Waals surface area contributed by atoms with Crippen LogP contribution in [-0.2, 0) is 0 Å². The van der Waals surface area contributed by atoms with Gasteiger partial charge in [0.1, 0.15) is 11.6 Å². The number of ether oxygens (including phenoxy) is 1. The predicted molar refractivity (Wildman–Crippen MR) is 59.5 cm³/mol. The molecule has 1 aromatic rings. The van der Waals surface area contributed by atoms with Gasteiger partial charge in [0.15, 0.2) is 0 Å². The highest BCUT2D eigenvalue weighted by Crippen LogP contribution is 2.18. The van der Waals surface area contributed by atoms with Crippen LogP contribution in [0.5, 0.6) is 5.75 Å². The average molecular weight is 294 g/mol. The Morgan fingerprint density at radius 3 is 2.62 bits per heavy atom. The van der Waals surface area contributed by atoms with Gasteiger partial charge >= 0.3 is 0 Å². The molecule has 0 radical (unpaired) electrons. The van der Waals surface area contributed by atoms with Crippen LogP contribution in [0.2, 0.25) is 0 Å². The molecule has 0 saturated carbocycles. The zero-order valence-electron chi connectivity index (χ0n) is 7.68. The van der Waals surface area contributed by atoms with Crippen LogP contribution in [0.4, 0.5) is 4.39 Å². The fourth-order valence-electron chi connectivity index (χ4n) is 0.875. The summed E-state index contributed by atoms with van der Waals surface area (Å²) in [6.45, 7) is 4.74. The summed E-state index contributed by atoms with van der Waals surface area (Å²) in [6, 6.07) is 4.71. The van der Waals surface area contributed by atoms with Crippen LogP contribution < -0.4 is 4.74 Å². The zero-order valence-corrected chi connectivity index (χ0v) is 9.84. The quantitative estimate of drug-likeness (QED) is 0.776. The van der Waals surface area contributed by atoms with Crippen LogP contribution in [0.3, 0.4) is 0 Å². The molecule has 0 atom stereocenters. The van der Waals surface area contributed by atoms with E-state index in [1.165, 1.54) is 12.1 Å². The van der Waals surface area contributed by atoms with Gasteiger partial charge in [0.25, 0.3) is 0 Å². The van der Waals surface area contributed by atoms with Crippen molar-refractivity contribution in [3.63, 3.8) is 0 Å². The molecule has 0 unspecified atom stereocenters. The molecule has 0 fully saturated rings. The van der Waals surface area contributed by atoms with Crippen LogP contribution in [-0.4, -0.2) is 6.61 Å². The minimum Gasteiger partial charge on any atom is -0.493 e. The van der Waals surface area contributed by atoms with E-state index in [1.54, 1.807) is 0 Å². The third-order valence-corrected chi connectivity index (χ3v) is 2.04. The second-order valence-corrected chi connectivity index (χ2v) is 4.56. The standard InChI is InChI=1S/C10H12FIO/c1-7(2)6-13-10-4-8(11)3-9(12)5-10/h3-5,7H,6H2,1-2H3. The molecule has 0 aliphatic heterocycles. The molecule has 72 valence electrons. The third-order valence-electron chi connectivity index (χ3n) is 1.42. The van der Waals surface area contributed by atoms with E-state index in [2.05, 4.69) is 36.4 Å². The van der Waals surface area contributed by atoms with Crippen molar-refractivity contribution in [2.24, 2.45) is 5.92 Å². The van der Waals surface area contributed by atoms with Crippen molar-refractivity contribution in [1.29, 1.82) is 0 Å². The second kappa shape index (κ2) is 4.79. The van der Waals surface area contributed by atoms with Crippen molar-refractivity contribution in [3.8, 4) is 5.75 Å². The first kappa shape index (κ1) is 10.8. The molecule has 0 N–H and O–H groups in total. The fourth-order valence-corrected chi connectivity index (χ4v) is 1.48. The van der Waals surface area contributed by atoms with Gasteiger partial charge < -0.3 is 4.74 Å². The second-order valence-electron chi connectivity index (χ2n) is 3.31. The molecular formula is C10H12FIO. The normalized spacial score (nSPS) is 10.5. The number of benzene rings is 1. The van der Waals surface area contributed by atoms with Crippen LogP contribution in [0.25, 0.3) is 0 Å². The van der Waals surface area contributed by atoms with Gasteiger partial charge in [0.2, 0.25) is 0 Å². The molecule has 0 aromatic heterocycles. The van der Waals surface area contributed by atoms with Crippen LogP contribution in [0, 0.1) is 15.3 Å². The molecule has 1 nitrogen and oxygen atoms in total. The van der Waals surface area contributed by atoms with E-state index in [0.717, 1.165) is 3.57 Å². The Hall–Kier alpha value is -0.320. The lowest BCUT2D eigenvalue weighted by Gasteiger charge is -2.08. The fraction of sp³-hybridized carbons (Fsp3) is 0.400. The summed E-state index contributed by atoms with van der Waals surface area (Å²) < 4.78 is 19.1. The van der Waals surface area contributed by atoms with Crippen LogP contribution in [0.1, 0.15) is 13.8 Å². The SMILES string of the molecule is CC(C)COc1cc(F)cc(I)c1. The number of hydrogen-bond donors (Lipinski definition) is 0. The summed E-state index contributed by atoms with van der Waals surface area (Å²) in [5, 5.41) is 0. The number of halogens is 2. The smallest absolute Gasteiger partial charge is 0.127 e. The molecule has 0 amide bonds. The van der Waals surface area contributed by atoms with Crippen molar-refractivity contribution < 1.29 is 9.13 Å². The lowest BCUT2D eigenvalue weighted by Crippen LogP contribution is -2.04. The molecule has 13 heavy (non-hydrogen) atoms. The first-order valence-corrected chi connectivity index (χ1v) is 5.24. The van der Waals surface area contributed by atoms with E-state index in [0.29, 0.717) is 18.3 Å². The zero-order chi connectivity index (χ0) is 9.84. The summed E-state index contributed by atoms with van der Waals surface area (Å²) in [4.78, 5) is 0. The molecule has 0 heterocycles. The Morgan fingerprint density at radius 2 is 2.08 bits per heavy atom. The minimum absolute atomic E-state index is 0.245. The third kappa shape index (κ3) is 3.93. The molecule has 0 spiro atoms. The van der Waals surface area contributed by atoms with Gasteiger partial charge in [0.05, 0.1) is 6.61 Å². The van der Waals surface area contributed by atoms with Gasteiger partial charge in [-0.15, -0.1) is 0 Å². The van der Waals surface area contributed by atoms with Gasteiger partial charge in [-0.3, -0.25) is 0 Å². The highest BCUT2D eigenvalue weighted by Gasteiger charge is 2.00. The van der Waals surface area contributed by atoms with Crippen molar-refractivity contribution in [1.82, 2.24) is 0 Å². The maximum Gasteiger partial charge on any atom is 0.127 e. The first-order valence-electron chi connectivity index (χ1n) is 4.17. The lowest BCUT2D eigenvalue weighted by atomic mass is 10.2. The van der Waals surface area contributed by atoms with Gasteiger partial charge in [-0.25, -0.2) is 4.39 Å². The Bertz CT molecular complexity index is 266. The average Bonchev–Trinajstić information content (AvgIpc) is 1.99. The molecule has 0 aliphatic rings. The molecule has 0 bridgehead atoms. The van der Waals surface area contributed by atoms with Gasteiger partial charge in [-0.2, -0.15) is 0 Å². The summed E-state index contributed by atoms with van der Waals surface area (Å²) in [7, 11) is 0. The molecule has 1 aromatic carbocycles. The Balaban J connectivity index is 2.66. The first-order chi connectivity index (χ1) is 6.08. The molecule has 0 aliphatic carbocycles. The Labute approximate surface area is 91.4 Å². The van der Waals surface area contributed by atoms with Crippen molar-refractivity contribution in [2.45, 2.75) is 13.8 Å². The predicted octanol–water partition coefficient (Wildman–Crippen LogP) is 3.47. The number of hydrogen-bond acceptors (Lipinski definition) is 1. The van der Waals surface area contributed by atoms with E-state index in [1.807, 2.05) is 6.07 Å².